The number of amides is 1. The lowest BCUT2D eigenvalue weighted by Gasteiger charge is -2.27. The standard InChI is InChI=1S/C24H26N4O3/c1-17-13-18(2)15-21(14-17)31-16-24(29)25-20-5-3-19(4-6-20)22-7-8-23(27-26-22)28-9-11-30-12-10-28/h3-8,13-15H,9-12,16H2,1-2H3,(H,25,29). The van der Waals surface area contributed by atoms with Gasteiger partial charge in [-0.2, -0.15) is 0 Å². The normalized spacial score (nSPS) is 13.7. The second-order valence-corrected chi connectivity index (χ2v) is 7.61. The van der Waals surface area contributed by atoms with Gasteiger partial charge in [0, 0.05) is 24.3 Å². The van der Waals surface area contributed by atoms with Crippen LogP contribution in [-0.2, 0) is 9.53 Å². The number of nitrogens with one attached hydrogen (secondary N) is 1. The summed E-state index contributed by atoms with van der Waals surface area (Å²) < 4.78 is 11.0. The average molecular weight is 418 g/mol. The van der Waals surface area contributed by atoms with Crippen LogP contribution < -0.4 is 15.0 Å². The molecule has 1 saturated heterocycles. The summed E-state index contributed by atoms with van der Waals surface area (Å²) in [6, 6.07) is 17.4. The highest BCUT2D eigenvalue weighted by atomic mass is 16.5. The van der Waals surface area contributed by atoms with Gasteiger partial charge in [0.1, 0.15) is 5.75 Å². The van der Waals surface area contributed by atoms with Gasteiger partial charge in [-0.3, -0.25) is 4.79 Å². The van der Waals surface area contributed by atoms with Gasteiger partial charge in [-0.1, -0.05) is 18.2 Å². The number of hydrogen-bond acceptors (Lipinski definition) is 6. The summed E-state index contributed by atoms with van der Waals surface area (Å²) in [5, 5.41) is 11.6. The Morgan fingerprint density at radius 3 is 2.35 bits per heavy atom. The van der Waals surface area contributed by atoms with E-state index in [4.69, 9.17) is 9.47 Å². The number of ether oxygens (including phenoxy) is 2. The molecule has 0 unspecified atom stereocenters. The number of rotatable bonds is 6. The van der Waals surface area contributed by atoms with Crippen LogP contribution in [-0.4, -0.2) is 49.0 Å². The van der Waals surface area contributed by atoms with E-state index >= 15 is 0 Å². The van der Waals surface area contributed by atoms with Crippen LogP contribution in [0.25, 0.3) is 11.3 Å². The molecule has 7 nitrogen and oxygen atoms in total. The van der Waals surface area contributed by atoms with Crippen LogP contribution in [0.1, 0.15) is 11.1 Å². The predicted molar refractivity (Wildman–Crippen MR) is 121 cm³/mol. The molecule has 1 N–H and O–H groups in total. The zero-order valence-electron chi connectivity index (χ0n) is 17.8. The molecule has 1 aliphatic heterocycles. The second-order valence-electron chi connectivity index (χ2n) is 7.61. The van der Waals surface area contributed by atoms with Crippen LogP contribution in [0.4, 0.5) is 11.5 Å². The Kier molecular flexibility index (Phi) is 6.43. The lowest BCUT2D eigenvalue weighted by atomic mass is 10.1. The molecule has 160 valence electrons. The smallest absolute Gasteiger partial charge is 0.262 e. The predicted octanol–water partition coefficient (Wildman–Crippen LogP) is 3.61. The summed E-state index contributed by atoms with van der Waals surface area (Å²) in [6.45, 7) is 7.05. The minimum absolute atomic E-state index is 0.0425. The molecule has 1 amide bonds. The Morgan fingerprint density at radius 1 is 1.00 bits per heavy atom. The van der Waals surface area contributed by atoms with Crippen LogP contribution in [0.5, 0.6) is 5.75 Å². The van der Waals surface area contributed by atoms with Gasteiger partial charge in [-0.05, 0) is 61.4 Å². The first-order valence-corrected chi connectivity index (χ1v) is 10.3. The molecular formula is C24H26N4O3. The lowest BCUT2D eigenvalue weighted by molar-refractivity contribution is -0.118. The number of hydrogen-bond donors (Lipinski definition) is 1. The van der Waals surface area contributed by atoms with Gasteiger partial charge in [-0.25, -0.2) is 0 Å². The van der Waals surface area contributed by atoms with Crippen LogP contribution in [0.2, 0.25) is 0 Å². The maximum absolute atomic E-state index is 12.2. The summed E-state index contributed by atoms with van der Waals surface area (Å²) >= 11 is 0. The molecule has 0 aliphatic carbocycles. The van der Waals surface area contributed by atoms with Crippen molar-refractivity contribution < 1.29 is 14.3 Å². The van der Waals surface area contributed by atoms with Gasteiger partial charge < -0.3 is 19.7 Å². The molecule has 0 spiro atoms. The number of benzene rings is 2. The molecule has 0 bridgehead atoms. The molecule has 0 saturated carbocycles. The average Bonchev–Trinajstić information content (AvgIpc) is 2.78. The van der Waals surface area contributed by atoms with Crippen molar-refractivity contribution in [2.45, 2.75) is 13.8 Å². The molecule has 3 aromatic rings. The first-order valence-electron chi connectivity index (χ1n) is 10.3. The topological polar surface area (TPSA) is 76.6 Å². The monoisotopic (exact) mass is 418 g/mol. The number of carbonyl (C=O) groups excluding carboxylic acids is 1. The quantitative estimate of drug-likeness (QED) is 0.659. The maximum Gasteiger partial charge on any atom is 0.262 e. The number of aryl methyl sites for hydroxylation is 2. The van der Waals surface area contributed by atoms with Crippen LogP contribution in [0.3, 0.4) is 0 Å². The van der Waals surface area contributed by atoms with Crippen LogP contribution in [0, 0.1) is 13.8 Å². The Bertz CT molecular complexity index is 1010. The van der Waals surface area contributed by atoms with Crippen molar-refractivity contribution in [2.75, 3.05) is 43.1 Å². The first-order chi connectivity index (χ1) is 15.1. The molecule has 7 heteroatoms. The van der Waals surface area contributed by atoms with E-state index in [0.717, 1.165) is 41.3 Å². The Balaban J connectivity index is 1.32. The molecule has 0 atom stereocenters. The van der Waals surface area contributed by atoms with Crippen molar-refractivity contribution in [3.05, 3.63) is 65.7 Å². The van der Waals surface area contributed by atoms with E-state index in [9.17, 15) is 4.79 Å². The van der Waals surface area contributed by atoms with E-state index in [2.05, 4.69) is 26.5 Å². The molecule has 4 rings (SSSR count). The number of aromatic nitrogens is 2. The SMILES string of the molecule is Cc1cc(C)cc(OCC(=O)Nc2ccc(-c3ccc(N4CCOCC4)nn3)cc2)c1. The Labute approximate surface area is 182 Å². The fraction of sp³-hybridized carbons (Fsp3) is 0.292. The summed E-state index contributed by atoms with van der Waals surface area (Å²) in [6.07, 6.45) is 0. The van der Waals surface area contributed by atoms with E-state index in [1.54, 1.807) is 0 Å². The molecule has 1 fully saturated rings. The van der Waals surface area contributed by atoms with Crippen molar-refractivity contribution in [1.82, 2.24) is 10.2 Å². The van der Waals surface area contributed by atoms with Crippen molar-refractivity contribution in [2.24, 2.45) is 0 Å². The first kappa shape index (κ1) is 20.8. The maximum atomic E-state index is 12.2. The summed E-state index contributed by atoms with van der Waals surface area (Å²) in [5.74, 6) is 1.35. The Morgan fingerprint density at radius 2 is 1.71 bits per heavy atom. The minimum atomic E-state index is -0.207. The number of anilines is 2. The van der Waals surface area contributed by atoms with Crippen molar-refractivity contribution >= 4 is 17.4 Å². The summed E-state index contributed by atoms with van der Waals surface area (Å²) in [7, 11) is 0. The van der Waals surface area contributed by atoms with E-state index in [-0.39, 0.29) is 12.5 Å². The van der Waals surface area contributed by atoms with Gasteiger partial charge in [0.05, 0.1) is 18.9 Å². The van der Waals surface area contributed by atoms with E-state index in [0.29, 0.717) is 24.7 Å². The van der Waals surface area contributed by atoms with Gasteiger partial charge in [0.25, 0.3) is 5.91 Å². The molecule has 2 aromatic carbocycles. The third kappa shape index (κ3) is 5.58. The van der Waals surface area contributed by atoms with Gasteiger partial charge in [0.15, 0.2) is 12.4 Å². The van der Waals surface area contributed by atoms with Gasteiger partial charge in [-0.15, -0.1) is 10.2 Å². The Hall–Kier alpha value is -3.45. The molecule has 1 aromatic heterocycles. The van der Waals surface area contributed by atoms with Crippen molar-refractivity contribution in [3.63, 3.8) is 0 Å². The van der Waals surface area contributed by atoms with E-state index in [1.165, 1.54) is 0 Å². The fourth-order valence-electron chi connectivity index (χ4n) is 3.53. The summed E-state index contributed by atoms with van der Waals surface area (Å²) in [5.41, 5.74) is 4.63. The number of nitrogens with zero attached hydrogens (tertiary/aromatic N) is 3. The molecule has 2 heterocycles. The highest BCUT2D eigenvalue weighted by Gasteiger charge is 2.13. The number of carbonyl (C=O) groups is 1. The van der Waals surface area contributed by atoms with Crippen LogP contribution >= 0.6 is 0 Å². The second kappa shape index (κ2) is 9.57. The zero-order valence-corrected chi connectivity index (χ0v) is 17.8. The van der Waals surface area contributed by atoms with E-state index in [1.807, 2.05) is 62.4 Å². The zero-order chi connectivity index (χ0) is 21.6. The molecule has 31 heavy (non-hydrogen) atoms. The minimum Gasteiger partial charge on any atom is -0.484 e. The highest BCUT2D eigenvalue weighted by Crippen LogP contribution is 2.21. The van der Waals surface area contributed by atoms with Gasteiger partial charge >= 0.3 is 0 Å². The van der Waals surface area contributed by atoms with Gasteiger partial charge in [0.2, 0.25) is 0 Å². The highest BCUT2D eigenvalue weighted by molar-refractivity contribution is 5.92. The van der Waals surface area contributed by atoms with Crippen LogP contribution in [0.15, 0.2) is 54.6 Å². The third-order valence-electron chi connectivity index (χ3n) is 5.02. The van der Waals surface area contributed by atoms with E-state index < -0.39 is 0 Å². The fourth-order valence-corrected chi connectivity index (χ4v) is 3.53. The number of morpholine rings is 1. The summed E-state index contributed by atoms with van der Waals surface area (Å²) in [4.78, 5) is 14.4. The lowest BCUT2D eigenvalue weighted by Crippen LogP contribution is -2.36. The molecular weight excluding hydrogens is 392 g/mol. The largest absolute Gasteiger partial charge is 0.484 e. The van der Waals surface area contributed by atoms with Crippen molar-refractivity contribution in [1.29, 1.82) is 0 Å². The third-order valence-corrected chi connectivity index (χ3v) is 5.02. The van der Waals surface area contributed by atoms with Crippen molar-refractivity contribution in [3.8, 4) is 17.0 Å². The molecule has 0 radical (unpaired) electrons. The molecule has 1 aliphatic rings.